The maximum absolute atomic E-state index is 6.32. The predicted octanol–water partition coefficient (Wildman–Crippen LogP) is 5.05. The molecule has 0 amide bonds. The summed E-state index contributed by atoms with van der Waals surface area (Å²) in [5.74, 6) is 1.43. The van der Waals surface area contributed by atoms with Crippen LogP contribution in [-0.4, -0.2) is 13.2 Å². The zero-order chi connectivity index (χ0) is 14.8. The van der Waals surface area contributed by atoms with Crippen LogP contribution < -0.4 is 14.8 Å². The van der Waals surface area contributed by atoms with E-state index in [0.717, 1.165) is 15.9 Å². The van der Waals surface area contributed by atoms with E-state index in [1.165, 1.54) is 5.56 Å². The van der Waals surface area contributed by atoms with Gasteiger partial charge in [0.15, 0.2) is 11.5 Å². The summed E-state index contributed by atoms with van der Waals surface area (Å²) < 4.78 is 12.2. The summed E-state index contributed by atoms with van der Waals surface area (Å²) in [6, 6.07) is 11.9. The van der Waals surface area contributed by atoms with Crippen molar-refractivity contribution in [1.29, 1.82) is 0 Å². The van der Waals surface area contributed by atoms with Crippen molar-refractivity contribution in [2.75, 3.05) is 18.5 Å². The number of anilines is 1. The van der Waals surface area contributed by atoms with Crippen molar-refractivity contribution in [3.8, 4) is 11.5 Å². The second-order valence-electron chi connectivity index (χ2n) is 4.86. The van der Waals surface area contributed by atoms with E-state index in [4.69, 9.17) is 21.1 Å². The molecule has 0 saturated heterocycles. The summed E-state index contributed by atoms with van der Waals surface area (Å²) in [5.41, 5.74) is 2.01. The molecule has 0 saturated carbocycles. The van der Waals surface area contributed by atoms with Gasteiger partial charge in [-0.2, -0.15) is 0 Å². The molecule has 3 nitrogen and oxygen atoms in total. The average molecular weight is 369 g/mol. The van der Waals surface area contributed by atoms with Crippen LogP contribution in [-0.2, 0) is 0 Å². The largest absolute Gasteiger partial charge is 0.486 e. The maximum atomic E-state index is 6.32. The quantitative estimate of drug-likeness (QED) is 0.822. The van der Waals surface area contributed by atoms with Crippen molar-refractivity contribution in [2.45, 2.75) is 13.0 Å². The summed E-state index contributed by atoms with van der Waals surface area (Å²) in [7, 11) is 0. The van der Waals surface area contributed by atoms with Gasteiger partial charge in [0.25, 0.3) is 0 Å². The van der Waals surface area contributed by atoms with Crippen molar-refractivity contribution < 1.29 is 9.47 Å². The van der Waals surface area contributed by atoms with Gasteiger partial charge in [-0.25, -0.2) is 0 Å². The lowest BCUT2D eigenvalue weighted by Gasteiger charge is -2.22. The molecular weight excluding hydrogens is 354 g/mol. The number of benzene rings is 2. The van der Waals surface area contributed by atoms with E-state index in [9.17, 15) is 0 Å². The van der Waals surface area contributed by atoms with Gasteiger partial charge < -0.3 is 14.8 Å². The van der Waals surface area contributed by atoms with Gasteiger partial charge >= 0.3 is 0 Å². The van der Waals surface area contributed by atoms with Gasteiger partial charge in [-0.3, -0.25) is 0 Å². The van der Waals surface area contributed by atoms with E-state index in [2.05, 4.69) is 34.2 Å². The summed E-state index contributed by atoms with van der Waals surface area (Å²) in [6.45, 7) is 3.21. The second kappa shape index (κ2) is 6.16. The molecule has 21 heavy (non-hydrogen) atoms. The number of fused-ring (bicyclic) bond motifs is 1. The van der Waals surface area contributed by atoms with Crippen LogP contribution in [0.4, 0.5) is 5.69 Å². The SMILES string of the molecule is CC(Nc1cc2c(cc1Cl)OCCO2)c1ccccc1Br. The third kappa shape index (κ3) is 3.11. The molecule has 0 aliphatic carbocycles. The van der Waals surface area contributed by atoms with Gasteiger partial charge in [0, 0.05) is 22.6 Å². The standard InChI is InChI=1S/C16H15BrClNO2/c1-10(11-4-2-3-5-12(11)17)19-14-9-16-15(8-13(14)18)20-6-7-21-16/h2-5,8-10,19H,6-7H2,1H3. The number of hydrogen-bond acceptors (Lipinski definition) is 3. The van der Waals surface area contributed by atoms with E-state index in [1.54, 1.807) is 6.07 Å². The Morgan fingerprint density at radius 2 is 1.81 bits per heavy atom. The first-order valence-electron chi connectivity index (χ1n) is 6.75. The first-order chi connectivity index (χ1) is 10.1. The van der Waals surface area contributed by atoms with Crippen LogP contribution in [0.2, 0.25) is 5.02 Å². The molecule has 0 radical (unpaired) electrons. The molecule has 0 spiro atoms. The Hall–Kier alpha value is -1.39. The zero-order valence-electron chi connectivity index (χ0n) is 11.5. The van der Waals surface area contributed by atoms with E-state index < -0.39 is 0 Å². The topological polar surface area (TPSA) is 30.5 Å². The van der Waals surface area contributed by atoms with Crippen LogP contribution >= 0.6 is 27.5 Å². The fraction of sp³-hybridized carbons (Fsp3) is 0.250. The molecule has 1 N–H and O–H groups in total. The van der Waals surface area contributed by atoms with Gasteiger partial charge in [-0.1, -0.05) is 45.7 Å². The van der Waals surface area contributed by atoms with Gasteiger partial charge in [-0.15, -0.1) is 0 Å². The third-order valence-corrected chi connectivity index (χ3v) is 4.41. The van der Waals surface area contributed by atoms with Gasteiger partial charge in [0.05, 0.1) is 10.7 Å². The molecule has 2 aromatic carbocycles. The first-order valence-corrected chi connectivity index (χ1v) is 7.92. The molecule has 3 rings (SSSR count). The summed E-state index contributed by atoms with van der Waals surface area (Å²) in [5, 5.41) is 4.04. The Morgan fingerprint density at radius 1 is 1.14 bits per heavy atom. The third-order valence-electron chi connectivity index (χ3n) is 3.38. The first kappa shape index (κ1) is 14.5. The fourth-order valence-corrected chi connectivity index (χ4v) is 3.15. The molecule has 5 heteroatoms. The summed E-state index contributed by atoms with van der Waals surface area (Å²) >= 11 is 9.89. The molecule has 0 bridgehead atoms. The average Bonchev–Trinajstić information content (AvgIpc) is 2.48. The van der Waals surface area contributed by atoms with Crippen molar-refractivity contribution in [3.63, 3.8) is 0 Å². The highest BCUT2D eigenvalue weighted by atomic mass is 79.9. The van der Waals surface area contributed by atoms with Crippen molar-refractivity contribution in [2.24, 2.45) is 0 Å². The molecule has 110 valence electrons. The predicted molar refractivity (Wildman–Crippen MR) is 88.6 cm³/mol. The Labute approximate surface area is 137 Å². The van der Waals surface area contributed by atoms with Gasteiger partial charge in [0.2, 0.25) is 0 Å². The number of rotatable bonds is 3. The van der Waals surface area contributed by atoms with E-state index in [1.807, 2.05) is 24.3 Å². The van der Waals surface area contributed by atoms with Crippen LogP contribution in [0.3, 0.4) is 0 Å². The Morgan fingerprint density at radius 3 is 2.52 bits per heavy atom. The van der Waals surface area contributed by atoms with E-state index in [-0.39, 0.29) is 6.04 Å². The minimum atomic E-state index is 0.112. The normalized spacial score (nSPS) is 14.6. The lowest BCUT2D eigenvalue weighted by Crippen LogP contribution is -2.16. The molecule has 1 heterocycles. The van der Waals surface area contributed by atoms with Crippen molar-refractivity contribution >= 4 is 33.2 Å². The van der Waals surface area contributed by atoms with Crippen molar-refractivity contribution in [3.05, 3.63) is 51.5 Å². The number of hydrogen-bond donors (Lipinski definition) is 1. The fourth-order valence-electron chi connectivity index (χ4n) is 2.31. The molecule has 0 aromatic heterocycles. The minimum absolute atomic E-state index is 0.112. The Balaban J connectivity index is 1.86. The van der Waals surface area contributed by atoms with Gasteiger partial charge in [0.1, 0.15) is 13.2 Å². The van der Waals surface area contributed by atoms with Gasteiger partial charge in [-0.05, 0) is 18.6 Å². The summed E-state index contributed by atoms with van der Waals surface area (Å²) in [6.07, 6.45) is 0. The molecular formula is C16H15BrClNO2. The number of halogens is 2. The van der Waals surface area contributed by atoms with E-state index >= 15 is 0 Å². The molecule has 0 fully saturated rings. The van der Waals surface area contributed by atoms with Crippen LogP contribution in [0, 0.1) is 0 Å². The second-order valence-corrected chi connectivity index (χ2v) is 6.12. The smallest absolute Gasteiger partial charge is 0.163 e. The highest BCUT2D eigenvalue weighted by molar-refractivity contribution is 9.10. The Kier molecular flexibility index (Phi) is 4.27. The van der Waals surface area contributed by atoms with Crippen LogP contribution in [0.15, 0.2) is 40.9 Å². The van der Waals surface area contributed by atoms with Crippen molar-refractivity contribution in [1.82, 2.24) is 0 Å². The number of ether oxygens (including phenoxy) is 2. The molecule has 2 aromatic rings. The van der Waals surface area contributed by atoms with Crippen LogP contribution in [0.1, 0.15) is 18.5 Å². The molecule has 1 aliphatic rings. The lowest BCUT2D eigenvalue weighted by molar-refractivity contribution is 0.171. The van der Waals surface area contributed by atoms with Crippen LogP contribution in [0.5, 0.6) is 11.5 Å². The molecule has 1 unspecified atom stereocenters. The highest BCUT2D eigenvalue weighted by Crippen LogP contribution is 2.39. The lowest BCUT2D eigenvalue weighted by atomic mass is 10.1. The van der Waals surface area contributed by atoms with E-state index in [0.29, 0.717) is 24.0 Å². The Bertz CT molecular complexity index is 663. The number of nitrogens with one attached hydrogen (secondary N) is 1. The summed E-state index contributed by atoms with van der Waals surface area (Å²) in [4.78, 5) is 0. The highest BCUT2D eigenvalue weighted by Gasteiger charge is 2.17. The molecule has 1 aliphatic heterocycles. The zero-order valence-corrected chi connectivity index (χ0v) is 13.9. The monoisotopic (exact) mass is 367 g/mol. The van der Waals surface area contributed by atoms with Crippen LogP contribution in [0.25, 0.3) is 0 Å². The minimum Gasteiger partial charge on any atom is -0.486 e. The maximum Gasteiger partial charge on any atom is 0.163 e. The molecule has 1 atom stereocenters.